The third kappa shape index (κ3) is 3.08. The SMILES string of the molecule is CCOC(=O)c1ccc(-[n+]2[n-]oc(=N)c2Cc2ccco2)cc1. The highest BCUT2D eigenvalue weighted by Crippen LogP contribution is 2.08. The van der Waals surface area contributed by atoms with E-state index in [1.807, 2.05) is 6.07 Å². The fourth-order valence-corrected chi connectivity index (χ4v) is 2.17. The number of nitrogens with one attached hydrogen (secondary N) is 1. The van der Waals surface area contributed by atoms with Gasteiger partial charge in [-0.1, -0.05) is 0 Å². The van der Waals surface area contributed by atoms with Gasteiger partial charge in [-0.3, -0.25) is 5.41 Å². The Labute approximate surface area is 131 Å². The number of ether oxygens (including phenoxy) is 1. The van der Waals surface area contributed by atoms with E-state index in [0.29, 0.717) is 35.7 Å². The van der Waals surface area contributed by atoms with Crippen molar-refractivity contribution in [3.63, 3.8) is 0 Å². The number of nitrogens with zero attached hydrogens (tertiary/aromatic N) is 2. The average molecular weight is 313 g/mol. The zero-order valence-corrected chi connectivity index (χ0v) is 12.5. The van der Waals surface area contributed by atoms with E-state index in [1.54, 1.807) is 43.5 Å². The summed E-state index contributed by atoms with van der Waals surface area (Å²) >= 11 is 0. The fraction of sp³-hybridized carbons (Fsp3) is 0.188. The number of esters is 1. The quantitative estimate of drug-likeness (QED) is 0.567. The third-order valence-electron chi connectivity index (χ3n) is 3.28. The Morgan fingerprint density at radius 2 is 2.09 bits per heavy atom. The van der Waals surface area contributed by atoms with Crippen LogP contribution in [0.3, 0.4) is 0 Å². The van der Waals surface area contributed by atoms with Crippen LogP contribution in [0.5, 0.6) is 0 Å². The highest BCUT2D eigenvalue weighted by atomic mass is 16.5. The van der Waals surface area contributed by atoms with Crippen LogP contribution in [0.2, 0.25) is 0 Å². The minimum Gasteiger partial charge on any atom is -0.486 e. The first-order chi connectivity index (χ1) is 11.2. The Hall–Kier alpha value is -3.09. The summed E-state index contributed by atoms with van der Waals surface area (Å²) in [6, 6.07) is 10.3. The molecule has 0 amide bonds. The van der Waals surface area contributed by atoms with Gasteiger partial charge in [0.2, 0.25) is 11.4 Å². The van der Waals surface area contributed by atoms with Crippen molar-refractivity contribution in [2.45, 2.75) is 13.3 Å². The number of furan rings is 1. The van der Waals surface area contributed by atoms with Crippen molar-refractivity contribution in [2.24, 2.45) is 0 Å². The summed E-state index contributed by atoms with van der Waals surface area (Å²) < 4.78 is 16.7. The maximum atomic E-state index is 11.7. The number of hydrogen-bond donors (Lipinski definition) is 1. The van der Waals surface area contributed by atoms with Crippen molar-refractivity contribution in [1.82, 2.24) is 5.27 Å². The van der Waals surface area contributed by atoms with Crippen LogP contribution in [-0.2, 0) is 11.2 Å². The first-order valence-corrected chi connectivity index (χ1v) is 7.11. The molecule has 1 aromatic carbocycles. The Morgan fingerprint density at radius 1 is 1.30 bits per heavy atom. The van der Waals surface area contributed by atoms with Gasteiger partial charge in [0.15, 0.2) is 0 Å². The van der Waals surface area contributed by atoms with E-state index in [4.69, 9.17) is 19.1 Å². The van der Waals surface area contributed by atoms with Gasteiger partial charge in [0, 0.05) is 12.1 Å². The van der Waals surface area contributed by atoms with Gasteiger partial charge in [0.1, 0.15) is 5.76 Å². The monoisotopic (exact) mass is 313 g/mol. The van der Waals surface area contributed by atoms with Gasteiger partial charge in [-0.15, -0.1) is 0 Å². The summed E-state index contributed by atoms with van der Waals surface area (Å²) in [5.41, 5.74) is 1.67. The molecule has 0 saturated heterocycles. The van der Waals surface area contributed by atoms with Gasteiger partial charge in [-0.2, -0.15) is 0 Å². The van der Waals surface area contributed by atoms with Crippen LogP contribution in [0.15, 0.2) is 51.6 Å². The van der Waals surface area contributed by atoms with Crippen molar-refractivity contribution in [3.8, 4) is 5.69 Å². The van der Waals surface area contributed by atoms with Crippen molar-refractivity contribution < 1.29 is 23.2 Å². The number of carbonyl (C=O) groups is 1. The molecule has 0 radical (unpaired) electrons. The Bertz CT molecular complexity index is 844. The number of benzene rings is 1. The van der Waals surface area contributed by atoms with E-state index in [-0.39, 0.29) is 11.5 Å². The largest absolute Gasteiger partial charge is 0.486 e. The van der Waals surface area contributed by atoms with Crippen LogP contribution >= 0.6 is 0 Å². The zero-order valence-electron chi connectivity index (χ0n) is 12.5. The van der Waals surface area contributed by atoms with E-state index >= 15 is 0 Å². The van der Waals surface area contributed by atoms with Gasteiger partial charge >= 0.3 is 5.97 Å². The molecular formula is C16H15N3O4. The minimum absolute atomic E-state index is 0.0316. The van der Waals surface area contributed by atoms with Crippen LogP contribution in [0.4, 0.5) is 0 Å². The first kappa shape index (κ1) is 14.8. The molecule has 0 bridgehead atoms. The Morgan fingerprint density at radius 3 is 2.74 bits per heavy atom. The summed E-state index contributed by atoms with van der Waals surface area (Å²) in [5.74, 6) is 0.333. The highest BCUT2D eigenvalue weighted by molar-refractivity contribution is 5.89. The molecule has 2 aromatic heterocycles. The van der Waals surface area contributed by atoms with Crippen LogP contribution in [0, 0.1) is 5.41 Å². The van der Waals surface area contributed by atoms with E-state index in [2.05, 4.69) is 5.27 Å². The van der Waals surface area contributed by atoms with Crippen molar-refractivity contribution >= 4 is 5.97 Å². The average Bonchev–Trinajstić information content (AvgIpc) is 3.19. The summed E-state index contributed by atoms with van der Waals surface area (Å²) in [7, 11) is 0. The maximum absolute atomic E-state index is 11.7. The summed E-state index contributed by atoms with van der Waals surface area (Å²) in [4.78, 5) is 11.7. The molecule has 7 nitrogen and oxygen atoms in total. The molecule has 118 valence electrons. The smallest absolute Gasteiger partial charge is 0.338 e. The molecule has 0 unspecified atom stereocenters. The lowest BCUT2D eigenvalue weighted by Gasteiger charge is -2.03. The molecule has 0 aliphatic rings. The molecule has 0 spiro atoms. The molecular weight excluding hydrogens is 298 g/mol. The number of rotatable bonds is 5. The van der Waals surface area contributed by atoms with Crippen molar-refractivity contribution in [3.05, 3.63) is 65.2 Å². The molecule has 2 heterocycles. The molecule has 0 fully saturated rings. The molecule has 0 atom stereocenters. The second-order valence-corrected chi connectivity index (χ2v) is 4.78. The molecule has 7 heteroatoms. The number of aromatic nitrogens is 2. The lowest BCUT2D eigenvalue weighted by atomic mass is 10.2. The molecule has 3 rings (SSSR count). The van der Waals surface area contributed by atoms with Crippen molar-refractivity contribution in [2.75, 3.05) is 6.61 Å². The normalized spacial score (nSPS) is 10.7. The predicted octanol–water partition coefficient (Wildman–Crippen LogP) is 1.35. The number of carbonyl (C=O) groups excluding carboxylic acids is 1. The molecule has 0 saturated carbocycles. The second kappa shape index (κ2) is 6.35. The van der Waals surface area contributed by atoms with Gasteiger partial charge < -0.3 is 13.7 Å². The highest BCUT2D eigenvalue weighted by Gasteiger charge is 2.17. The van der Waals surface area contributed by atoms with E-state index in [0.717, 1.165) is 0 Å². The fourth-order valence-electron chi connectivity index (χ4n) is 2.17. The van der Waals surface area contributed by atoms with Crippen LogP contribution in [0.1, 0.15) is 28.7 Å². The lowest BCUT2D eigenvalue weighted by molar-refractivity contribution is -0.683. The van der Waals surface area contributed by atoms with Crippen LogP contribution in [-0.4, -0.2) is 12.6 Å². The third-order valence-corrected chi connectivity index (χ3v) is 3.28. The van der Waals surface area contributed by atoms with Gasteiger partial charge in [-0.25, -0.2) is 14.7 Å². The second-order valence-electron chi connectivity index (χ2n) is 4.78. The van der Waals surface area contributed by atoms with E-state index in [9.17, 15) is 4.79 Å². The van der Waals surface area contributed by atoms with Gasteiger partial charge in [0.05, 0.1) is 24.9 Å². The molecule has 1 N–H and O–H groups in total. The van der Waals surface area contributed by atoms with Crippen molar-refractivity contribution in [1.29, 1.82) is 5.41 Å². The molecule has 3 aromatic rings. The van der Waals surface area contributed by atoms with Crippen LogP contribution in [0.25, 0.3) is 5.69 Å². The lowest BCUT2D eigenvalue weighted by Crippen LogP contribution is -2.40. The standard InChI is InChI=1S/C16H15N3O4/c1-2-21-16(20)11-5-7-12(8-6-11)19-14(15(17)23-18-19)10-13-4-3-9-22-13/h3-9,17H,2,10H2,1H3. The zero-order chi connectivity index (χ0) is 16.2. The maximum Gasteiger partial charge on any atom is 0.338 e. The Kier molecular flexibility index (Phi) is 4.09. The van der Waals surface area contributed by atoms with E-state index in [1.165, 1.54) is 4.68 Å². The molecule has 23 heavy (non-hydrogen) atoms. The first-order valence-electron chi connectivity index (χ1n) is 7.11. The van der Waals surface area contributed by atoms with Gasteiger partial charge in [0.25, 0.3) is 5.55 Å². The molecule has 0 aliphatic carbocycles. The topological polar surface area (TPSA) is 94.4 Å². The van der Waals surface area contributed by atoms with Gasteiger partial charge in [-0.05, 0) is 31.2 Å². The predicted molar refractivity (Wildman–Crippen MR) is 76.9 cm³/mol. The van der Waals surface area contributed by atoms with Crippen LogP contribution < -0.4 is 15.5 Å². The summed E-state index contributed by atoms with van der Waals surface area (Å²) in [5, 5.41) is 11.7. The van der Waals surface area contributed by atoms with E-state index < -0.39 is 0 Å². The minimum atomic E-state index is -0.374. The summed E-state index contributed by atoms with van der Waals surface area (Å²) in [6.45, 7) is 2.09. The molecule has 0 aliphatic heterocycles. The Balaban J connectivity index is 1.90. The summed E-state index contributed by atoms with van der Waals surface area (Å²) in [6.07, 6.45) is 1.96. The number of hydrogen-bond acceptors (Lipinski definition) is 5.